The van der Waals surface area contributed by atoms with Crippen LogP contribution in [0.15, 0.2) is 30.3 Å². The van der Waals surface area contributed by atoms with Gasteiger partial charge in [-0.1, -0.05) is 29.8 Å². The Morgan fingerprint density at radius 2 is 1.83 bits per heavy atom. The van der Waals surface area contributed by atoms with Crippen LogP contribution in [0.25, 0.3) is 22.0 Å². The van der Waals surface area contributed by atoms with Gasteiger partial charge in [-0.05, 0) is 84.5 Å². The molecule has 3 unspecified atom stereocenters. The van der Waals surface area contributed by atoms with E-state index in [1.165, 1.54) is 24.3 Å². The Labute approximate surface area is 270 Å². The predicted molar refractivity (Wildman–Crippen MR) is 165 cm³/mol. The van der Waals surface area contributed by atoms with Crippen LogP contribution in [0.1, 0.15) is 71.0 Å². The number of piperidine rings is 1. The number of hydrogen-bond acceptors (Lipinski definition) is 8. The van der Waals surface area contributed by atoms with Crippen molar-refractivity contribution in [2.24, 2.45) is 0 Å². The third kappa shape index (κ3) is 5.73. The SMILES string of the molecule is CC(C)(C)OC(=O)N1C(c2nc(OCC34CCCN3CCC4)nc3c(F)c(-c4c(O)cccc4F)ccc23)CCC(F)(CO)C1Cl. The first-order valence-corrected chi connectivity index (χ1v) is 16.0. The van der Waals surface area contributed by atoms with Crippen molar-refractivity contribution in [2.45, 2.75) is 87.6 Å². The van der Waals surface area contributed by atoms with Gasteiger partial charge in [0, 0.05) is 10.9 Å². The van der Waals surface area contributed by atoms with E-state index < -0.39 is 52.9 Å². The van der Waals surface area contributed by atoms with Crippen LogP contribution in [0.5, 0.6) is 11.8 Å². The van der Waals surface area contributed by atoms with Crippen LogP contribution >= 0.6 is 11.6 Å². The predicted octanol–water partition coefficient (Wildman–Crippen LogP) is 6.63. The fourth-order valence-electron chi connectivity index (χ4n) is 7.11. The molecule has 2 aromatic carbocycles. The zero-order chi connectivity index (χ0) is 33.0. The number of halogens is 4. The lowest BCUT2D eigenvalue weighted by molar-refractivity contribution is -0.0563. The molecule has 3 aliphatic heterocycles. The molecule has 6 rings (SSSR count). The standard InChI is InChI=1S/C33H38ClF3N4O5/c1-31(2,3)46-30(44)41-22(11-14-33(37,17-42)28(41)34)26-20-10-9-19(24-21(35)7-4-8-23(24)43)25(36)27(20)39-29(38-26)45-18-32-12-5-15-40(32)16-6-13-32/h4,7-10,22,28,42-43H,5-6,11-18H2,1-3H3. The Bertz CT molecular complexity index is 1630. The highest BCUT2D eigenvalue weighted by Gasteiger charge is 2.52. The summed E-state index contributed by atoms with van der Waals surface area (Å²) in [5.41, 5.74) is -5.83. The average molecular weight is 663 g/mol. The first-order chi connectivity index (χ1) is 21.8. The topological polar surface area (TPSA) is 108 Å². The van der Waals surface area contributed by atoms with E-state index in [1.807, 2.05) is 0 Å². The minimum absolute atomic E-state index is 0.0414. The van der Waals surface area contributed by atoms with E-state index in [2.05, 4.69) is 14.9 Å². The molecule has 0 spiro atoms. The van der Waals surface area contributed by atoms with Crippen LogP contribution in [0, 0.1) is 11.6 Å². The number of aliphatic hydroxyl groups is 1. The fourth-order valence-corrected chi connectivity index (χ4v) is 7.51. The lowest BCUT2D eigenvalue weighted by atomic mass is 9.87. The van der Waals surface area contributed by atoms with Gasteiger partial charge in [0.2, 0.25) is 0 Å². The first-order valence-electron chi connectivity index (χ1n) is 15.6. The summed E-state index contributed by atoms with van der Waals surface area (Å²) in [6.07, 6.45) is 2.70. The summed E-state index contributed by atoms with van der Waals surface area (Å²) in [5, 5.41) is 20.5. The lowest BCUT2D eigenvalue weighted by Gasteiger charge is -2.45. The third-order valence-corrected chi connectivity index (χ3v) is 9.98. The summed E-state index contributed by atoms with van der Waals surface area (Å²) in [7, 11) is 0. The van der Waals surface area contributed by atoms with Gasteiger partial charge < -0.3 is 19.7 Å². The summed E-state index contributed by atoms with van der Waals surface area (Å²) in [5.74, 6) is -2.23. The number of carbonyl (C=O) groups is 1. The van der Waals surface area contributed by atoms with E-state index in [1.54, 1.807) is 20.8 Å². The van der Waals surface area contributed by atoms with Crippen molar-refractivity contribution >= 4 is 28.6 Å². The maximum Gasteiger partial charge on any atom is 0.412 e. The Morgan fingerprint density at radius 3 is 2.48 bits per heavy atom. The molecule has 3 fully saturated rings. The molecular formula is C33H38ClF3N4O5. The zero-order valence-corrected chi connectivity index (χ0v) is 26.8. The molecule has 248 valence electrons. The number of benzene rings is 2. The van der Waals surface area contributed by atoms with Crippen molar-refractivity contribution in [1.82, 2.24) is 19.8 Å². The molecule has 3 atom stereocenters. The summed E-state index contributed by atoms with van der Waals surface area (Å²) in [6, 6.07) is 5.23. The molecule has 3 saturated heterocycles. The van der Waals surface area contributed by atoms with Crippen molar-refractivity contribution in [3.63, 3.8) is 0 Å². The van der Waals surface area contributed by atoms with Crippen LogP contribution in [-0.4, -0.2) is 84.7 Å². The number of likely N-dealkylation sites (tertiary alicyclic amines) is 1. The molecule has 0 aliphatic carbocycles. The highest BCUT2D eigenvalue weighted by Crippen LogP contribution is 2.46. The lowest BCUT2D eigenvalue weighted by Crippen LogP contribution is -2.57. The molecule has 13 heteroatoms. The third-order valence-electron chi connectivity index (χ3n) is 9.38. The number of nitrogens with zero attached hydrogens (tertiary/aromatic N) is 4. The minimum Gasteiger partial charge on any atom is -0.507 e. The van der Waals surface area contributed by atoms with Crippen LogP contribution in [0.2, 0.25) is 0 Å². The average Bonchev–Trinajstić information content (AvgIpc) is 3.58. The van der Waals surface area contributed by atoms with Crippen LogP contribution in [0.3, 0.4) is 0 Å². The number of amides is 1. The molecule has 3 aromatic rings. The van der Waals surface area contributed by atoms with Crippen LogP contribution in [0.4, 0.5) is 18.0 Å². The number of phenols is 1. The second-order valence-electron chi connectivity index (χ2n) is 13.5. The van der Waals surface area contributed by atoms with Gasteiger partial charge >= 0.3 is 12.1 Å². The second kappa shape index (κ2) is 12.0. The van der Waals surface area contributed by atoms with Crippen molar-refractivity contribution in [3.05, 3.63) is 47.7 Å². The second-order valence-corrected chi connectivity index (χ2v) is 13.9. The summed E-state index contributed by atoms with van der Waals surface area (Å²) in [4.78, 5) is 26.1. The summed E-state index contributed by atoms with van der Waals surface area (Å²) in [6.45, 7) is 6.18. The van der Waals surface area contributed by atoms with E-state index in [-0.39, 0.29) is 58.7 Å². The number of hydrogen-bond donors (Lipinski definition) is 2. The van der Waals surface area contributed by atoms with Gasteiger partial charge in [0.25, 0.3) is 0 Å². The van der Waals surface area contributed by atoms with Gasteiger partial charge in [0.05, 0.1) is 29.4 Å². The maximum atomic E-state index is 16.5. The molecule has 1 amide bonds. The molecule has 1 aromatic heterocycles. The van der Waals surface area contributed by atoms with E-state index in [9.17, 15) is 19.4 Å². The number of rotatable bonds is 6. The number of carbonyl (C=O) groups excluding carboxylic acids is 1. The number of aliphatic hydroxyl groups excluding tert-OH is 1. The number of ether oxygens (including phenoxy) is 2. The number of alkyl halides is 2. The molecule has 2 N–H and O–H groups in total. The maximum absolute atomic E-state index is 16.5. The highest BCUT2D eigenvalue weighted by molar-refractivity contribution is 6.22. The number of phenolic OH excluding ortho intramolecular Hbond substituents is 1. The van der Waals surface area contributed by atoms with Gasteiger partial charge in [-0.3, -0.25) is 9.80 Å². The molecule has 0 radical (unpaired) electrons. The van der Waals surface area contributed by atoms with Gasteiger partial charge in [0.15, 0.2) is 11.5 Å². The molecule has 4 heterocycles. The van der Waals surface area contributed by atoms with Crippen LogP contribution in [-0.2, 0) is 4.74 Å². The smallest absolute Gasteiger partial charge is 0.412 e. The largest absolute Gasteiger partial charge is 0.507 e. The van der Waals surface area contributed by atoms with Crippen molar-refractivity contribution in [1.29, 1.82) is 0 Å². The molecule has 0 saturated carbocycles. The zero-order valence-electron chi connectivity index (χ0n) is 26.0. The molecule has 0 bridgehead atoms. The monoisotopic (exact) mass is 662 g/mol. The fraction of sp³-hybridized carbons (Fsp3) is 0.545. The van der Waals surface area contributed by atoms with E-state index >= 15 is 8.78 Å². The van der Waals surface area contributed by atoms with Gasteiger partial charge in [-0.25, -0.2) is 18.0 Å². The quantitative estimate of drug-likeness (QED) is 0.224. The Morgan fingerprint density at radius 1 is 1.11 bits per heavy atom. The normalized spacial score (nSPS) is 24.7. The first kappa shape index (κ1) is 32.6. The summed E-state index contributed by atoms with van der Waals surface area (Å²) < 4.78 is 59.0. The minimum atomic E-state index is -2.34. The number of aromatic nitrogens is 2. The molecule has 46 heavy (non-hydrogen) atoms. The summed E-state index contributed by atoms with van der Waals surface area (Å²) >= 11 is 6.59. The number of fused-ring (bicyclic) bond motifs is 2. The Kier molecular flexibility index (Phi) is 8.52. The van der Waals surface area contributed by atoms with E-state index in [0.717, 1.165) is 49.7 Å². The van der Waals surface area contributed by atoms with Crippen molar-refractivity contribution in [2.75, 3.05) is 26.3 Å². The highest BCUT2D eigenvalue weighted by atomic mass is 35.5. The van der Waals surface area contributed by atoms with Crippen molar-refractivity contribution < 1.29 is 37.7 Å². The molecule has 9 nitrogen and oxygen atoms in total. The van der Waals surface area contributed by atoms with Crippen LogP contribution < -0.4 is 4.74 Å². The number of aromatic hydroxyl groups is 1. The van der Waals surface area contributed by atoms with Gasteiger partial charge in [-0.15, -0.1) is 0 Å². The van der Waals surface area contributed by atoms with E-state index in [4.69, 9.17) is 21.1 Å². The Hall–Kier alpha value is -3.35. The Balaban J connectivity index is 1.50. The van der Waals surface area contributed by atoms with E-state index in [0.29, 0.717) is 0 Å². The van der Waals surface area contributed by atoms with Gasteiger partial charge in [-0.2, -0.15) is 9.97 Å². The molecular weight excluding hydrogens is 625 g/mol. The molecule has 3 aliphatic rings. The van der Waals surface area contributed by atoms with Crippen molar-refractivity contribution in [3.8, 4) is 22.9 Å². The van der Waals surface area contributed by atoms with Gasteiger partial charge in [0.1, 0.15) is 34.8 Å².